The SMILES string of the molecule is CCNC(=NCC(C)(C)C(N)=O)N(C)CCOc1ccccc1.I. The van der Waals surface area contributed by atoms with Crippen molar-refractivity contribution in [1.82, 2.24) is 10.2 Å². The number of hydrogen-bond acceptors (Lipinski definition) is 3. The molecule has 0 heterocycles. The van der Waals surface area contributed by atoms with Crippen molar-refractivity contribution >= 4 is 35.8 Å². The summed E-state index contributed by atoms with van der Waals surface area (Å²) in [6, 6.07) is 9.69. The molecule has 0 radical (unpaired) electrons. The van der Waals surface area contributed by atoms with Crippen molar-refractivity contribution in [3.63, 3.8) is 0 Å². The summed E-state index contributed by atoms with van der Waals surface area (Å²) in [5, 5.41) is 3.21. The topological polar surface area (TPSA) is 79.9 Å². The van der Waals surface area contributed by atoms with Gasteiger partial charge in [-0.3, -0.25) is 9.79 Å². The molecule has 0 aliphatic carbocycles. The van der Waals surface area contributed by atoms with Crippen LogP contribution in [0.5, 0.6) is 5.75 Å². The quantitative estimate of drug-likeness (QED) is 0.363. The summed E-state index contributed by atoms with van der Waals surface area (Å²) >= 11 is 0. The zero-order valence-electron chi connectivity index (χ0n) is 14.9. The Kier molecular flexibility index (Phi) is 10.4. The van der Waals surface area contributed by atoms with E-state index in [2.05, 4.69) is 10.3 Å². The van der Waals surface area contributed by atoms with E-state index in [1.807, 2.05) is 49.2 Å². The number of nitrogens with one attached hydrogen (secondary N) is 1. The molecule has 1 rings (SSSR count). The highest BCUT2D eigenvalue weighted by atomic mass is 127. The Balaban J connectivity index is 0.00000529. The maximum absolute atomic E-state index is 11.4. The van der Waals surface area contributed by atoms with Gasteiger partial charge in [0.25, 0.3) is 0 Å². The van der Waals surface area contributed by atoms with Crippen LogP contribution in [0.25, 0.3) is 0 Å². The zero-order valence-corrected chi connectivity index (χ0v) is 17.2. The summed E-state index contributed by atoms with van der Waals surface area (Å²) in [5.41, 5.74) is 4.72. The second-order valence-electron chi connectivity index (χ2n) is 6.00. The lowest BCUT2D eigenvalue weighted by Gasteiger charge is -2.24. The summed E-state index contributed by atoms with van der Waals surface area (Å²) in [6.45, 7) is 7.90. The predicted octanol–water partition coefficient (Wildman–Crippen LogP) is 2.09. The van der Waals surface area contributed by atoms with Gasteiger partial charge in [0.1, 0.15) is 12.4 Å². The van der Waals surface area contributed by atoms with Crippen molar-refractivity contribution in [1.29, 1.82) is 0 Å². The number of para-hydroxylation sites is 1. The largest absolute Gasteiger partial charge is 0.492 e. The molecule has 0 aromatic heterocycles. The Morgan fingerprint density at radius 1 is 1.33 bits per heavy atom. The van der Waals surface area contributed by atoms with Gasteiger partial charge in [0.15, 0.2) is 5.96 Å². The zero-order chi connectivity index (χ0) is 17.3. The summed E-state index contributed by atoms with van der Waals surface area (Å²) in [7, 11) is 1.94. The molecular weight excluding hydrogens is 419 g/mol. The summed E-state index contributed by atoms with van der Waals surface area (Å²) in [5.74, 6) is 1.23. The normalized spacial score (nSPS) is 11.4. The molecular formula is C17H29IN4O2. The Morgan fingerprint density at radius 2 is 1.96 bits per heavy atom. The van der Waals surface area contributed by atoms with Crippen molar-refractivity contribution in [2.24, 2.45) is 16.1 Å². The van der Waals surface area contributed by atoms with E-state index in [-0.39, 0.29) is 29.9 Å². The van der Waals surface area contributed by atoms with Crippen LogP contribution in [0, 0.1) is 5.41 Å². The van der Waals surface area contributed by atoms with Gasteiger partial charge in [0.2, 0.25) is 5.91 Å². The molecule has 0 bridgehead atoms. The Hall–Kier alpha value is -1.51. The molecule has 136 valence electrons. The number of amides is 1. The van der Waals surface area contributed by atoms with E-state index in [4.69, 9.17) is 10.5 Å². The highest BCUT2D eigenvalue weighted by Crippen LogP contribution is 2.14. The van der Waals surface area contributed by atoms with Crippen LogP contribution in [0.3, 0.4) is 0 Å². The van der Waals surface area contributed by atoms with Gasteiger partial charge >= 0.3 is 0 Å². The number of carbonyl (C=O) groups excluding carboxylic acids is 1. The molecule has 0 aliphatic rings. The Labute approximate surface area is 161 Å². The van der Waals surface area contributed by atoms with Gasteiger partial charge < -0.3 is 20.7 Å². The van der Waals surface area contributed by atoms with Crippen molar-refractivity contribution in [3.8, 4) is 5.75 Å². The Bertz CT molecular complexity index is 521. The van der Waals surface area contributed by atoms with E-state index >= 15 is 0 Å². The highest BCUT2D eigenvalue weighted by molar-refractivity contribution is 14.0. The summed E-state index contributed by atoms with van der Waals surface area (Å²) in [6.07, 6.45) is 0. The van der Waals surface area contributed by atoms with Crippen LogP contribution in [-0.2, 0) is 4.79 Å². The molecule has 3 N–H and O–H groups in total. The lowest BCUT2D eigenvalue weighted by molar-refractivity contribution is -0.125. The number of hydrogen-bond donors (Lipinski definition) is 2. The van der Waals surface area contributed by atoms with Gasteiger partial charge in [0, 0.05) is 13.6 Å². The molecule has 7 heteroatoms. The molecule has 1 aromatic rings. The second-order valence-corrected chi connectivity index (χ2v) is 6.00. The first kappa shape index (κ1) is 22.5. The van der Waals surface area contributed by atoms with Gasteiger partial charge in [-0.2, -0.15) is 0 Å². The molecule has 24 heavy (non-hydrogen) atoms. The lowest BCUT2D eigenvalue weighted by atomic mass is 9.93. The monoisotopic (exact) mass is 448 g/mol. The highest BCUT2D eigenvalue weighted by Gasteiger charge is 2.24. The molecule has 0 saturated heterocycles. The fraction of sp³-hybridized carbons (Fsp3) is 0.529. The van der Waals surface area contributed by atoms with Crippen LogP contribution in [0.1, 0.15) is 20.8 Å². The maximum Gasteiger partial charge on any atom is 0.224 e. The fourth-order valence-electron chi connectivity index (χ4n) is 1.74. The van der Waals surface area contributed by atoms with Crippen molar-refractivity contribution in [3.05, 3.63) is 30.3 Å². The second kappa shape index (κ2) is 11.1. The molecule has 0 spiro atoms. The molecule has 0 saturated carbocycles. The van der Waals surface area contributed by atoms with Crippen LogP contribution in [0.2, 0.25) is 0 Å². The number of aliphatic imine (C=N–C) groups is 1. The van der Waals surface area contributed by atoms with Crippen molar-refractivity contribution < 1.29 is 9.53 Å². The first-order valence-corrected chi connectivity index (χ1v) is 7.84. The molecule has 0 unspecified atom stereocenters. The third kappa shape index (κ3) is 7.85. The number of halogens is 1. The van der Waals surface area contributed by atoms with Crippen LogP contribution >= 0.6 is 24.0 Å². The lowest BCUT2D eigenvalue weighted by Crippen LogP contribution is -2.42. The smallest absolute Gasteiger partial charge is 0.224 e. The van der Waals surface area contributed by atoms with Crippen molar-refractivity contribution in [2.75, 3.05) is 33.3 Å². The summed E-state index contributed by atoms with van der Waals surface area (Å²) in [4.78, 5) is 17.9. The number of guanidine groups is 1. The number of nitrogens with zero attached hydrogens (tertiary/aromatic N) is 2. The average molecular weight is 448 g/mol. The van der Waals surface area contributed by atoms with Crippen LogP contribution < -0.4 is 15.8 Å². The van der Waals surface area contributed by atoms with Gasteiger partial charge in [-0.15, -0.1) is 24.0 Å². The van der Waals surface area contributed by atoms with Gasteiger partial charge in [0.05, 0.1) is 18.5 Å². The third-order valence-electron chi connectivity index (χ3n) is 3.43. The van der Waals surface area contributed by atoms with Gasteiger partial charge in [-0.25, -0.2) is 0 Å². The molecule has 0 fully saturated rings. The minimum absolute atomic E-state index is 0. The van der Waals surface area contributed by atoms with E-state index in [1.165, 1.54) is 0 Å². The first-order chi connectivity index (χ1) is 10.9. The number of nitrogens with two attached hydrogens (primary N) is 1. The third-order valence-corrected chi connectivity index (χ3v) is 3.43. The maximum atomic E-state index is 11.4. The van der Waals surface area contributed by atoms with Crippen LogP contribution in [0.4, 0.5) is 0 Å². The van der Waals surface area contributed by atoms with E-state index in [9.17, 15) is 4.79 Å². The Morgan fingerprint density at radius 3 is 2.50 bits per heavy atom. The first-order valence-electron chi connectivity index (χ1n) is 7.84. The van der Waals surface area contributed by atoms with E-state index in [0.29, 0.717) is 19.7 Å². The average Bonchev–Trinajstić information content (AvgIpc) is 2.52. The van der Waals surface area contributed by atoms with Gasteiger partial charge in [-0.05, 0) is 32.9 Å². The molecule has 1 aromatic carbocycles. The molecule has 1 amide bonds. The van der Waals surface area contributed by atoms with E-state index in [1.54, 1.807) is 13.8 Å². The predicted molar refractivity (Wildman–Crippen MR) is 109 cm³/mol. The number of likely N-dealkylation sites (N-methyl/N-ethyl adjacent to an activating group) is 1. The summed E-state index contributed by atoms with van der Waals surface area (Å²) < 4.78 is 5.69. The fourth-order valence-corrected chi connectivity index (χ4v) is 1.74. The number of benzene rings is 1. The number of ether oxygens (including phenoxy) is 1. The van der Waals surface area contributed by atoms with Gasteiger partial charge in [-0.1, -0.05) is 18.2 Å². The van der Waals surface area contributed by atoms with E-state index < -0.39 is 5.41 Å². The number of carbonyl (C=O) groups is 1. The standard InChI is InChI=1S/C17H28N4O2.HI/c1-5-19-16(20-13-17(2,3)15(18)22)21(4)11-12-23-14-9-7-6-8-10-14;/h6-10H,5,11-13H2,1-4H3,(H2,18,22)(H,19,20);1H. The van der Waals surface area contributed by atoms with E-state index in [0.717, 1.165) is 18.3 Å². The van der Waals surface area contributed by atoms with Crippen LogP contribution in [0.15, 0.2) is 35.3 Å². The van der Waals surface area contributed by atoms with Crippen LogP contribution in [-0.4, -0.2) is 50.1 Å². The number of rotatable bonds is 8. The number of primary amides is 1. The minimum atomic E-state index is -0.665. The minimum Gasteiger partial charge on any atom is -0.492 e. The van der Waals surface area contributed by atoms with Crippen molar-refractivity contribution in [2.45, 2.75) is 20.8 Å². The molecule has 6 nitrogen and oxygen atoms in total. The molecule has 0 aliphatic heterocycles. The molecule has 0 atom stereocenters.